The first-order chi connectivity index (χ1) is 10.3. The van der Waals surface area contributed by atoms with Crippen molar-refractivity contribution in [2.45, 2.75) is 19.5 Å². The van der Waals surface area contributed by atoms with Gasteiger partial charge in [-0.25, -0.2) is 0 Å². The molecule has 0 unspecified atom stereocenters. The highest BCUT2D eigenvalue weighted by atomic mass is 35.5. The Balaban J connectivity index is 0.00000484. The van der Waals surface area contributed by atoms with E-state index in [1.165, 1.54) is 12.0 Å². The molecule has 0 aliphatic carbocycles. The molecule has 3 N–H and O–H groups in total. The van der Waals surface area contributed by atoms with Gasteiger partial charge in [-0.3, -0.25) is 9.59 Å². The van der Waals surface area contributed by atoms with Crippen molar-refractivity contribution in [3.8, 4) is 11.5 Å². The number of halogens is 1. The molecule has 8 heteroatoms. The van der Waals surface area contributed by atoms with Gasteiger partial charge in [-0.15, -0.1) is 12.4 Å². The number of hydrogen-bond donors (Lipinski definition) is 2. The Morgan fingerprint density at radius 3 is 2.48 bits per heavy atom. The zero-order chi connectivity index (χ0) is 16.7. The third kappa shape index (κ3) is 6.75. The molecule has 23 heavy (non-hydrogen) atoms. The zero-order valence-electron chi connectivity index (χ0n) is 13.8. The number of ether oxygens (including phenoxy) is 2. The third-order valence-electron chi connectivity index (χ3n) is 2.96. The lowest BCUT2D eigenvalue weighted by Crippen LogP contribution is -2.37. The van der Waals surface area contributed by atoms with E-state index in [1.54, 1.807) is 39.2 Å². The highest BCUT2D eigenvalue weighted by molar-refractivity contribution is 5.85. The molecule has 1 rings (SSSR count). The van der Waals surface area contributed by atoms with E-state index < -0.39 is 6.04 Å². The van der Waals surface area contributed by atoms with Gasteiger partial charge in [0.05, 0.1) is 13.2 Å². The highest BCUT2D eigenvalue weighted by Gasteiger charge is 2.11. The van der Waals surface area contributed by atoms with Crippen LogP contribution in [0.25, 0.3) is 0 Å². The molecule has 130 valence electrons. The minimum absolute atomic E-state index is 0. The Morgan fingerprint density at radius 2 is 1.96 bits per heavy atom. The summed E-state index contributed by atoms with van der Waals surface area (Å²) in [5, 5.41) is 2.71. The number of likely N-dealkylation sites (N-methyl/N-ethyl adjacent to an activating group) is 1. The molecule has 0 radical (unpaired) electrons. The summed E-state index contributed by atoms with van der Waals surface area (Å²) in [5.41, 5.74) is 6.32. The quantitative estimate of drug-likeness (QED) is 0.752. The molecule has 1 aromatic carbocycles. The standard InChI is InChI=1S/C15H23N3O4.ClH/c1-10(16)15(20)17-8-11-5-6-12(13(7-11)21-4)22-9-14(19)18(2)3;/h5-7,10H,8-9,16H2,1-4H3,(H,17,20);1H/t10-;/m1./s1. The zero-order valence-corrected chi connectivity index (χ0v) is 14.6. The summed E-state index contributed by atoms with van der Waals surface area (Å²) in [7, 11) is 4.83. The van der Waals surface area contributed by atoms with E-state index in [2.05, 4.69) is 5.32 Å². The molecule has 1 atom stereocenters. The molecule has 0 spiro atoms. The Hall–Kier alpha value is -1.99. The second kappa shape index (κ2) is 9.91. The molecule has 1 aromatic rings. The number of hydrogen-bond acceptors (Lipinski definition) is 5. The van der Waals surface area contributed by atoms with Crippen LogP contribution < -0.4 is 20.5 Å². The Labute approximate surface area is 142 Å². The van der Waals surface area contributed by atoms with Gasteiger partial charge in [0.25, 0.3) is 5.91 Å². The van der Waals surface area contributed by atoms with Gasteiger partial charge in [-0.1, -0.05) is 6.07 Å². The average Bonchev–Trinajstić information content (AvgIpc) is 2.49. The van der Waals surface area contributed by atoms with Crippen LogP contribution in [0.3, 0.4) is 0 Å². The fourth-order valence-electron chi connectivity index (χ4n) is 1.56. The number of carbonyl (C=O) groups excluding carboxylic acids is 2. The summed E-state index contributed by atoms with van der Waals surface area (Å²) in [4.78, 5) is 24.4. The van der Waals surface area contributed by atoms with Crippen molar-refractivity contribution >= 4 is 24.2 Å². The maximum Gasteiger partial charge on any atom is 0.259 e. The molecule has 0 saturated heterocycles. The molecule has 7 nitrogen and oxygen atoms in total. The molecule has 0 aliphatic rings. The van der Waals surface area contributed by atoms with Crippen molar-refractivity contribution in [1.82, 2.24) is 10.2 Å². The Bertz CT molecular complexity index is 535. The number of amides is 2. The number of benzene rings is 1. The fourth-order valence-corrected chi connectivity index (χ4v) is 1.56. The van der Waals surface area contributed by atoms with Crippen LogP contribution >= 0.6 is 12.4 Å². The Kier molecular flexibility index (Phi) is 9.05. The number of nitrogens with two attached hydrogens (primary N) is 1. The lowest BCUT2D eigenvalue weighted by molar-refractivity contribution is -0.130. The van der Waals surface area contributed by atoms with Gasteiger partial charge in [0, 0.05) is 20.6 Å². The van der Waals surface area contributed by atoms with Gasteiger partial charge in [-0.05, 0) is 24.6 Å². The van der Waals surface area contributed by atoms with Gasteiger partial charge < -0.3 is 25.4 Å². The van der Waals surface area contributed by atoms with E-state index in [1.807, 2.05) is 0 Å². The molecule has 0 aliphatic heterocycles. The van der Waals surface area contributed by atoms with Crippen LogP contribution in [0.1, 0.15) is 12.5 Å². The minimum atomic E-state index is -0.554. The maximum atomic E-state index is 11.5. The smallest absolute Gasteiger partial charge is 0.259 e. The summed E-state index contributed by atoms with van der Waals surface area (Å²) in [6.07, 6.45) is 0. The van der Waals surface area contributed by atoms with Crippen LogP contribution in [0.4, 0.5) is 0 Å². The SMILES string of the molecule is COc1cc(CNC(=O)[C@@H](C)N)ccc1OCC(=O)N(C)C.Cl. The van der Waals surface area contributed by atoms with Crippen LogP contribution in [-0.4, -0.2) is 50.6 Å². The second-order valence-corrected chi connectivity index (χ2v) is 5.07. The summed E-state index contributed by atoms with van der Waals surface area (Å²) >= 11 is 0. The molecule has 0 fully saturated rings. The van der Waals surface area contributed by atoms with Crippen molar-refractivity contribution in [2.75, 3.05) is 27.8 Å². The van der Waals surface area contributed by atoms with Crippen molar-refractivity contribution < 1.29 is 19.1 Å². The fraction of sp³-hybridized carbons (Fsp3) is 0.467. The van der Waals surface area contributed by atoms with Crippen LogP contribution in [0.2, 0.25) is 0 Å². The highest BCUT2D eigenvalue weighted by Crippen LogP contribution is 2.28. The molecule has 0 aromatic heterocycles. The molecule has 0 bridgehead atoms. The lowest BCUT2D eigenvalue weighted by Gasteiger charge is -2.14. The van der Waals surface area contributed by atoms with Gasteiger partial charge in [0.2, 0.25) is 5.91 Å². The normalized spacial score (nSPS) is 11.0. The van der Waals surface area contributed by atoms with E-state index in [0.29, 0.717) is 18.0 Å². The summed E-state index contributed by atoms with van der Waals surface area (Å²) in [6, 6.07) is 4.69. The van der Waals surface area contributed by atoms with E-state index in [4.69, 9.17) is 15.2 Å². The number of methoxy groups -OCH3 is 1. The van der Waals surface area contributed by atoms with E-state index in [9.17, 15) is 9.59 Å². The number of rotatable bonds is 7. The first-order valence-electron chi connectivity index (χ1n) is 6.88. The maximum absolute atomic E-state index is 11.5. The van der Waals surface area contributed by atoms with Crippen molar-refractivity contribution in [3.05, 3.63) is 23.8 Å². The van der Waals surface area contributed by atoms with E-state index in [-0.39, 0.29) is 30.8 Å². The van der Waals surface area contributed by atoms with Crippen LogP contribution in [0.5, 0.6) is 11.5 Å². The first-order valence-corrected chi connectivity index (χ1v) is 6.88. The van der Waals surface area contributed by atoms with Gasteiger partial charge in [-0.2, -0.15) is 0 Å². The number of nitrogens with zero attached hydrogens (tertiary/aromatic N) is 1. The average molecular weight is 346 g/mol. The topological polar surface area (TPSA) is 93.9 Å². The first kappa shape index (κ1) is 21.0. The predicted octanol–water partition coefficient (Wildman–Crippen LogP) is 0.547. The van der Waals surface area contributed by atoms with Crippen LogP contribution in [-0.2, 0) is 16.1 Å². The second-order valence-electron chi connectivity index (χ2n) is 5.07. The van der Waals surface area contributed by atoms with Gasteiger partial charge >= 0.3 is 0 Å². The van der Waals surface area contributed by atoms with Crippen LogP contribution in [0.15, 0.2) is 18.2 Å². The van der Waals surface area contributed by atoms with E-state index >= 15 is 0 Å². The summed E-state index contributed by atoms with van der Waals surface area (Å²) < 4.78 is 10.7. The lowest BCUT2D eigenvalue weighted by atomic mass is 10.2. The van der Waals surface area contributed by atoms with Crippen molar-refractivity contribution in [2.24, 2.45) is 5.73 Å². The van der Waals surface area contributed by atoms with Crippen molar-refractivity contribution in [1.29, 1.82) is 0 Å². The minimum Gasteiger partial charge on any atom is -0.493 e. The summed E-state index contributed by atoms with van der Waals surface area (Å²) in [6.45, 7) is 1.90. The predicted molar refractivity (Wildman–Crippen MR) is 89.9 cm³/mol. The molecular formula is C15H24ClN3O4. The van der Waals surface area contributed by atoms with E-state index in [0.717, 1.165) is 5.56 Å². The summed E-state index contributed by atoms with van der Waals surface area (Å²) in [5.74, 6) is 0.602. The van der Waals surface area contributed by atoms with Crippen molar-refractivity contribution in [3.63, 3.8) is 0 Å². The monoisotopic (exact) mass is 345 g/mol. The molecule has 0 heterocycles. The number of carbonyl (C=O) groups is 2. The molecule has 0 saturated carbocycles. The number of nitrogens with one attached hydrogen (secondary N) is 1. The molecular weight excluding hydrogens is 322 g/mol. The third-order valence-corrected chi connectivity index (χ3v) is 2.96. The Morgan fingerprint density at radius 1 is 1.30 bits per heavy atom. The molecule has 2 amide bonds. The van der Waals surface area contributed by atoms with Gasteiger partial charge in [0.15, 0.2) is 18.1 Å². The van der Waals surface area contributed by atoms with Crippen LogP contribution in [0, 0.1) is 0 Å². The van der Waals surface area contributed by atoms with Gasteiger partial charge in [0.1, 0.15) is 0 Å². The largest absolute Gasteiger partial charge is 0.493 e.